The van der Waals surface area contributed by atoms with Gasteiger partial charge in [0.25, 0.3) is 0 Å². The number of alkyl halides is 1. The van der Waals surface area contributed by atoms with Gasteiger partial charge in [-0.2, -0.15) is 0 Å². The molecule has 0 bridgehead atoms. The molecule has 0 atom stereocenters. The summed E-state index contributed by atoms with van der Waals surface area (Å²) in [5.74, 6) is 0.699. The lowest BCUT2D eigenvalue weighted by atomic mass is 9.97. The van der Waals surface area contributed by atoms with Crippen LogP contribution in [0.2, 0.25) is 0 Å². The van der Waals surface area contributed by atoms with Crippen molar-refractivity contribution in [1.29, 1.82) is 0 Å². The standard InChI is InChI=1S/C9H20ClNO/c1-9(2,7-10)8-11-5-4-6-12-3/h11H,4-8H2,1-3H3. The third-order valence-corrected chi connectivity index (χ3v) is 2.39. The predicted molar refractivity (Wildman–Crippen MR) is 53.9 cm³/mol. The molecule has 0 saturated carbocycles. The summed E-state index contributed by atoms with van der Waals surface area (Å²) in [6, 6.07) is 0. The molecule has 0 fully saturated rings. The van der Waals surface area contributed by atoms with Crippen molar-refractivity contribution in [3.63, 3.8) is 0 Å². The third kappa shape index (κ3) is 6.89. The zero-order valence-electron chi connectivity index (χ0n) is 8.32. The molecule has 0 aliphatic heterocycles. The largest absolute Gasteiger partial charge is 0.385 e. The maximum absolute atomic E-state index is 5.77. The predicted octanol–water partition coefficient (Wildman–Crippen LogP) is 1.88. The van der Waals surface area contributed by atoms with Crippen molar-refractivity contribution >= 4 is 11.6 Å². The average Bonchev–Trinajstić information content (AvgIpc) is 2.04. The van der Waals surface area contributed by atoms with E-state index in [1.807, 2.05) is 0 Å². The fourth-order valence-electron chi connectivity index (χ4n) is 0.816. The van der Waals surface area contributed by atoms with E-state index in [-0.39, 0.29) is 5.41 Å². The molecule has 0 aromatic rings. The highest BCUT2D eigenvalue weighted by atomic mass is 35.5. The van der Waals surface area contributed by atoms with Crippen molar-refractivity contribution < 1.29 is 4.74 Å². The molecule has 0 saturated heterocycles. The first-order valence-electron chi connectivity index (χ1n) is 4.38. The van der Waals surface area contributed by atoms with E-state index >= 15 is 0 Å². The first-order chi connectivity index (χ1) is 5.62. The topological polar surface area (TPSA) is 21.3 Å². The molecule has 0 spiro atoms. The molecule has 0 rings (SSSR count). The van der Waals surface area contributed by atoms with Crippen molar-refractivity contribution in [3.8, 4) is 0 Å². The van der Waals surface area contributed by atoms with Crippen molar-refractivity contribution in [2.45, 2.75) is 20.3 Å². The zero-order chi connectivity index (χ0) is 9.45. The zero-order valence-corrected chi connectivity index (χ0v) is 9.08. The normalized spacial score (nSPS) is 12.0. The Balaban J connectivity index is 3.19. The van der Waals surface area contributed by atoms with E-state index in [0.717, 1.165) is 26.1 Å². The van der Waals surface area contributed by atoms with E-state index in [1.54, 1.807) is 7.11 Å². The highest BCUT2D eigenvalue weighted by Gasteiger charge is 2.14. The summed E-state index contributed by atoms with van der Waals surface area (Å²) in [6.07, 6.45) is 1.06. The number of ether oxygens (including phenoxy) is 1. The second kappa shape index (κ2) is 6.70. The molecule has 74 valence electrons. The molecule has 2 nitrogen and oxygen atoms in total. The summed E-state index contributed by atoms with van der Waals surface area (Å²) in [5, 5.41) is 3.35. The number of nitrogens with one attached hydrogen (secondary N) is 1. The van der Waals surface area contributed by atoms with Crippen LogP contribution in [0.3, 0.4) is 0 Å². The van der Waals surface area contributed by atoms with Crippen LogP contribution in [0.4, 0.5) is 0 Å². The van der Waals surface area contributed by atoms with Gasteiger partial charge in [0.1, 0.15) is 0 Å². The van der Waals surface area contributed by atoms with Gasteiger partial charge < -0.3 is 10.1 Å². The van der Waals surface area contributed by atoms with Crippen LogP contribution < -0.4 is 5.32 Å². The Morgan fingerprint density at radius 1 is 1.42 bits per heavy atom. The number of rotatable bonds is 7. The van der Waals surface area contributed by atoms with Crippen molar-refractivity contribution in [1.82, 2.24) is 5.32 Å². The molecule has 12 heavy (non-hydrogen) atoms. The van der Waals surface area contributed by atoms with E-state index in [2.05, 4.69) is 19.2 Å². The van der Waals surface area contributed by atoms with E-state index in [4.69, 9.17) is 16.3 Å². The Morgan fingerprint density at radius 3 is 2.58 bits per heavy atom. The smallest absolute Gasteiger partial charge is 0.0474 e. The minimum Gasteiger partial charge on any atom is -0.385 e. The van der Waals surface area contributed by atoms with E-state index in [9.17, 15) is 0 Å². The third-order valence-electron chi connectivity index (χ3n) is 1.67. The molecule has 0 heterocycles. The van der Waals surface area contributed by atoms with Gasteiger partial charge in [-0.15, -0.1) is 11.6 Å². The summed E-state index contributed by atoms with van der Waals surface area (Å²) >= 11 is 5.77. The molecule has 0 aliphatic carbocycles. The monoisotopic (exact) mass is 193 g/mol. The number of hydrogen-bond donors (Lipinski definition) is 1. The van der Waals surface area contributed by atoms with Crippen LogP contribution in [-0.4, -0.2) is 32.7 Å². The maximum Gasteiger partial charge on any atom is 0.0474 e. The average molecular weight is 194 g/mol. The van der Waals surface area contributed by atoms with Crippen LogP contribution in [-0.2, 0) is 4.74 Å². The fourth-order valence-corrected chi connectivity index (χ4v) is 0.910. The van der Waals surface area contributed by atoms with Gasteiger partial charge >= 0.3 is 0 Å². The molecular weight excluding hydrogens is 174 g/mol. The van der Waals surface area contributed by atoms with Crippen molar-refractivity contribution in [3.05, 3.63) is 0 Å². The molecule has 0 amide bonds. The Kier molecular flexibility index (Phi) is 6.81. The molecule has 0 aromatic heterocycles. The molecule has 3 heteroatoms. The van der Waals surface area contributed by atoms with Gasteiger partial charge in [0, 0.05) is 26.1 Å². The van der Waals surface area contributed by atoms with Gasteiger partial charge in [-0.05, 0) is 18.4 Å². The summed E-state index contributed by atoms with van der Waals surface area (Å²) in [4.78, 5) is 0. The second-order valence-electron chi connectivity index (χ2n) is 3.82. The van der Waals surface area contributed by atoms with Crippen LogP contribution in [0.1, 0.15) is 20.3 Å². The van der Waals surface area contributed by atoms with E-state index < -0.39 is 0 Å². The van der Waals surface area contributed by atoms with Gasteiger partial charge in [-0.3, -0.25) is 0 Å². The summed E-state index contributed by atoms with van der Waals surface area (Å²) in [6.45, 7) is 7.12. The number of hydrogen-bond acceptors (Lipinski definition) is 2. The van der Waals surface area contributed by atoms with Gasteiger partial charge in [0.15, 0.2) is 0 Å². The number of halogens is 1. The highest BCUT2D eigenvalue weighted by Crippen LogP contribution is 2.14. The van der Waals surface area contributed by atoms with Gasteiger partial charge in [0.05, 0.1) is 0 Å². The first kappa shape index (κ1) is 12.2. The fraction of sp³-hybridized carbons (Fsp3) is 1.00. The first-order valence-corrected chi connectivity index (χ1v) is 4.91. The molecule has 1 N–H and O–H groups in total. The van der Waals surface area contributed by atoms with E-state index in [1.165, 1.54) is 0 Å². The van der Waals surface area contributed by atoms with Crippen molar-refractivity contribution in [2.75, 3.05) is 32.7 Å². The lowest BCUT2D eigenvalue weighted by molar-refractivity contribution is 0.193. The minimum atomic E-state index is 0.203. The second-order valence-corrected chi connectivity index (χ2v) is 4.09. The quantitative estimate of drug-likeness (QED) is 0.493. The van der Waals surface area contributed by atoms with Gasteiger partial charge in [-0.1, -0.05) is 13.8 Å². The summed E-state index contributed by atoms with van der Waals surface area (Å²) < 4.78 is 4.93. The lowest BCUT2D eigenvalue weighted by Crippen LogP contribution is -2.31. The Hall–Kier alpha value is 0.210. The Labute approximate surface area is 80.6 Å². The van der Waals surface area contributed by atoms with Crippen LogP contribution in [0.25, 0.3) is 0 Å². The van der Waals surface area contributed by atoms with E-state index in [0.29, 0.717) is 5.88 Å². The van der Waals surface area contributed by atoms with Crippen LogP contribution in [0.5, 0.6) is 0 Å². The molecule has 0 aromatic carbocycles. The summed E-state index contributed by atoms with van der Waals surface area (Å²) in [5.41, 5.74) is 0.203. The van der Waals surface area contributed by atoms with Crippen molar-refractivity contribution in [2.24, 2.45) is 5.41 Å². The molecular formula is C9H20ClNO. The minimum absolute atomic E-state index is 0.203. The van der Waals surface area contributed by atoms with Gasteiger partial charge in [0.2, 0.25) is 0 Å². The van der Waals surface area contributed by atoms with Crippen LogP contribution >= 0.6 is 11.6 Å². The SMILES string of the molecule is COCCCNCC(C)(C)CCl. The Bertz CT molecular complexity index is 107. The maximum atomic E-state index is 5.77. The summed E-state index contributed by atoms with van der Waals surface area (Å²) in [7, 11) is 1.72. The van der Waals surface area contributed by atoms with Gasteiger partial charge in [-0.25, -0.2) is 0 Å². The number of methoxy groups -OCH3 is 1. The Morgan fingerprint density at radius 2 is 2.08 bits per heavy atom. The van der Waals surface area contributed by atoms with Crippen LogP contribution in [0.15, 0.2) is 0 Å². The molecule has 0 radical (unpaired) electrons. The highest BCUT2D eigenvalue weighted by molar-refractivity contribution is 6.18. The molecule has 0 aliphatic rings. The molecule has 0 unspecified atom stereocenters. The van der Waals surface area contributed by atoms with Crippen LogP contribution in [0, 0.1) is 5.41 Å². The lowest BCUT2D eigenvalue weighted by Gasteiger charge is -2.21.